The van der Waals surface area contributed by atoms with Gasteiger partial charge in [-0.3, -0.25) is 14.8 Å². The molecule has 1 amide bonds. The standard InChI is InChI=1S/C19H18FN5O/c1-12-15(20)3-2-4-16(12)24-17-7-8-25(19(17)26)18-6-5-13(9-21-18)14-10-22-23-11-14/h2-6,9-11,17,24H,7-8H2,1H3,(H,22,23). The lowest BCUT2D eigenvalue weighted by Gasteiger charge is -2.18. The molecule has 1 atom stereocenters. The summed E-state index contributed by atoms with van der Waals surface area (Å²) in [6.45, 7) is 2.27. The number of carbonyl (C=O) groups is 1. The third-order valence-corrected chi connectivity index (χ3v) is 4.66. The Bertz CT molecular complexity index is 924. The van der Waals surface area contributed by atoms with Crippen molar-refractivity contribution in [2.75, 3.05) is 16.8 Å². The van der Waals surface area contributed by atoms with Crippen LogP contribution < -0.4 is 10.2 Å². The van der Waals surface area contributed by atoms with Crippen molar-refractivity contribution in [3.8, 4) is 11.1 Å². The van der Waals surface area contributed by atoms with Gasteiger partial charge in [-0.25, -0.2) is 9.37 Å². The Morgan fingerprint density at radius 1 is 1.23 bits per heavy atom. The van der Waals surface area contributed by atoms with E-state index in [9.17, 15) is 9.18 Å². The molecule has 1 unspecified atom stereocenters. The first-order valence-corrected chi connectivity index (χ1v) is 8.42. The summed E-state index contributed by atoms with van der Waals surface area (Å²) in [6.07, 6.45) is 5.88. The van der Waals surface area contributed by atoms with Gasteiger partial charge in [-0.2, -0.15) is 5.10 Å². The highest BCUT2D eigenvalue weighted by Gasteiger charge is 2.33. The van der Waals surface area contributed by atoms with Gasteiger partial charge in [0.25, 0.3) is 5.91 Å². The van der Waals surface area contributed by atoms with Gasteiger partial charge in [-0.05, 0) is 37.6 Å². The molecular formula is C19H18FN5O. The van der Waals surface area contributed by atoms with Gasteiger partial charge < -0.3 is 5.32 Å². The lowest BCUT2D eigenvalue weighted by Crippen LogP contribution is -2.34. The fraction of sp³-hybridized carbons (Fsp3) is 0.211. The molecule has 3 aromatic rings. The van der Waals surface area contributed by atoms with Crippen LogP contribution in [-0.2, 0) is 4.79 Å². The fourth-order valence-electron chi connectivity index (χ4n) is 3.12. The number of carbonyl (C=O) groups excluding carboxylic acids is 1. The minimum Gasteiger partial charge on any atom is -0.373 e. The molecule has 0 saturated carbocycles. The van der Waals surface area contributed by atoms with E-state index in [0.717, 1.165) is 11.1 Å². The van der Waals surface area contributed by atoms with Crippen LogP contribution in [0.4, 0.5) is 15.9 Å². The van der Waals surface area contributed by atoms with Crippen LogP contribution in [0.2, 0.25) is 0 Å². The van der Waals surface area contributed by atoms with Crippen molar-refractivity contribution >= 4 is 17.4 Å². The van der Waals surface area contributed by atoms with E-state index in [2.05, 4.69) is 20.5 Å². The molecule has 0 spiro atoms. The van der Waals surface area contributed by atoms with Crippen molar-refractivity contribution in [3.05, 3.63) is 60.3 Å². The molecular weight excluding hydrogens is 333 g/mol. The Morgan fingerprint density at radius 3 is 2.85 bits per heavy atom. The van der Waals surface area contributed by atoms with E-state index in [1.165, 1.54) is 6.07 Å². The number of aromatic nitrogens is 3. The predicted octanol–water partition coefficient (Wildman–Crippen LogP) is 3.14. The van der Waals surface area contributed by atoms with Crippen LogP contribution in [-0.4, -0.2) is 33.7 Å². The van der Waals surface area contributed by atoms with Crippen LogP contribution in [0.15, 0.2) is 48.9 Å². The highest BCUT2D eigenvalue weighted by Crippen LogP contribution is 2.26. The molecule has 132 valence electrons. The number of nitrogens with zero attached hydrogens (tertiary/aromatic N) is 3. The lowest BCUT2D eigenvalue weighted by atomic mass is 10.1. The minimum atomic E-state index is -0.383. The summed E-state index contributed by atoms with van der Waals surface area (Å²) in [5.74, 6) is 0.272. The van der Waals surface area contributed by atoms with E-state index in [1.807, 2.05) is 12.1 Å². The molecule has 7 heteroatoms. The molecule has 4 rings (SSSR count). The molecule has 1 aromatic carbocycles. The summed E-state index contributed by atoms with van der Waals surface area (Å²) >= 11 is 0. The second-order valence-electron chi connectivity index (χ2n) is 6.28. The van der Waals surface area contributed by atoms with Gasteiger partial charge in [0.1, 0.15) is 17.7 Å². The van der Waals surface area contributed by atoms with Crippen molar-refractivity contribution in [2.24, 2.45) is 0 Å². The first kappa shape index (κ1) is 16.3. The summed E-state index contributed by atoms with van der Waals surface area (Å²) in [5.41, 5.74) is 3.03. The average Bonchev–Trinajstić information content (AvgIpc) is 3.30. The Hall–Kier alpha value is -3.22. The number of benzene rings is 1. The molecule has 2 aromatic heterocycles. The van der Waals surface area contributed by atoms with E-state index < -0.39 is 0 Å². The topological polar surface area (TPSA) is 73.9 Å². The number of nitrogens with one attached hydrogen (secondary N) is 2. The summed E-state index contributed by atoms with van der Waals surface area (Å²) in [7, 11) is 0. The predicted molar refractivity (Wildman–Crippen MR) is 97.3 cm³/mol. The summed E-state index contributed by atoms with van der Waals surface area (Å²) in [6, 6.07) is 8.19. The van der Waals surface area contributed by atoms with E-state index in [4.69, 9.17) is 0 Å². The number of anilines is 2. The summed E-state index contributed by atoms with van der Waals surface area (Å²) in [4.78, 5) is 18.8. The van der Waals surface area contributed by atoms with E-state index in [-0.39, 0.29) is 17.8 Å². The number of aromatic amines is 1. The van der Waals surface area contributed by atoms with Crippen molar-refractivity contribution in [3.63, 3.8) is 0 Å². The number of amides is 1. The molecule has 0 radical (unpaired) electrons. The van der Waals surface area contributed by atoms with Crippen molar-refractivity contribution in [1.82, 2.24) is 15.2 Å². The zero-order valence-corrected chi connectivity index (χ0v) is 14.2. The van der Waals surface area contributed by atoms with Crippen LogP contribution in [0, 0.1) is 12.7 Å². The Morgan fingerprint density at radius 2 is 2.12 bits per heavy atom. The molecule has 1 aliphatic heterocycles. The van der Waals surface area contributed by atoms with Crippen molar-refractivity contribution in [2.45, 2.75) is 19.4 Å². The lowest BCUT2D eigenvalue weighted by molar-refractivity contribution is -0.117. The van der Waals surface area contributed by atoms with Gasteiger partial charge in [-0.15, -0.1) is 0 Å². The number of H-pyrrole nitrogens is 1. The maximum atomic E-state index is 13.7. The minimum absolute atomic E-state index is 0.0581. The van der Waals surface area contributed by atoms with Crippen molar-refractivity contribution in [1.29, 1.82) is 0 Å². The maximum Gasteiger partial charge on any atom is 0.250 e. The van der Waals surface area contributed by atoms with E-state index in [1.54, 1.807) is 42.5 Å². The first-order chi connectivity index (χ1) is 12.6. The van der Waals surface area contributed by atoms with E-state index >= 15 is 0 Å². The van der Waals surface area contributed by atoms with Gasteiger partial charge in [0.15, 0.2) is 0 Å². The number of hydrogen-bond acceptors (Lipinski definition) is 4. The van der Waals surface area contributed by atoms with Crippen molar-refractivity contribution < 1.29 is 9.18 Å². The molecule has 26 heavy (non-hydrogen) atoms. The largest absolute Gasteiger partial charge is 0.373 e. The quantitative estimate of drug-likeness (QED) is 0.757. The monoisotopic (exact) mass is 351 g/mol. The number of rotatable bonds is 4. The van der Waals surface area contributed by atoms with Gasteiger partial charge in [0.2, 0.25) is 0 Å². The third kappa shape index (κ3) is 2.92. The van der Waals surface area contributed by atoms with Crippen LogP contribution in [0.25, 0.3) is 11.1 Å². The van der Waals surface area contributed by atoms with Gasteiger partial charge in [0, 0.05) is 41.3 Å². The van der Waals surface area contributed by atoms with Crippen LogP contribution in [0.1, 0.15) is 12.0 Å². The molecule has 0 bridgehead atoms. The zero-order valence-electron chi connectivity index (χ0n) is 14.2. The Balaban J connectivity index is 1.49. The van der Waals surface area contributed by atoms with Gasteiger partial charge in [0.05, 0.1) is 6.20 Å². The molecule has 3 heterocycles. The average molecular weight is 351 g/mol. The highest BCUT2D eigenvalue weighted by atomic mass is 19.1. The Kier molecular flexibility index (Phi) is 4.12. The summed E-state index contributed by atoms with van der Waals surface area (Å²) in [5, 5.41) is 9.85. The summed E-state index contributed by atoms with van der Waals surface area (Å²) < 4.78 is 13.7. The number of halogens is 1. The second-order valence-corrected chi connectivity index (χ2v) is 6.28. The van der Waals surface area contributed by atoms with Crippen LogP contribution in [0.3, 0.4) is 0 Å². The first-order valence-electron chi connectivity index (χ1n) is 8.42. The van der Waals surface area contributed by atoms with Crippen LogP contribution >= 0.6 is 0 Å². The molecule has 1 aliphatic rings. The SMILES string of the molecule is Cc1c(F)cccc1NC1CCN(c2ccc(-c3cn[nH]c3)cn2)C1=O. The second kappa shape index (κ2) is 6.59. The fourth-order valence-corrected chi connectivity index (χ4v) is 3.12. The molecule has 0 aliphatic carbocycles. The van der Waals surface area contributed by atoms with Crippen LogP contribution in [0.5, 0.6) is 0 Å². The smallest absolute Gasteiger partial charge is 0.250 e. The maximum absolute atomic E-state index is 13.7. The molecule has 1 saturated heterocycles. The molecule has 6 nitrogen and oxygen atoms in total. The Labute approximate surface area is 150 Å². The third-order valence-electron chi connectivity index (χ3n) is 4.66. The van der Waals surface area contributed by atoms with Gasteiger partial charge in [-0.1, -0.05) is 6.07 Å². The highest BCUT2D eigenvalue weighted by molar-refractivity contribution is 6.00. The molecule has 1 fully saturated rings. The number of pyridine rings is 1. The molecule has 2 N–H and O–H groups in total. The van der Waals surface area contributed by atoms with E-state index in [0.29, 0.717) is 30.0 Å². The number of hydrogen-bond donors (Lipinski definition) is 2. The normalized spacial score (nSPS) is 16.9. The zero-order chi connectivity index (χ0) is 18.1. The van der Waals surface area contributed by atoms with Gasteiger partial charge >= 0.3 is 0 Å².